The van der Waals surface area contributed by atoms with Gasteiger partial charge in [0, 0.05) is 11.7 Å². The Morgan fingerprint density at radius 1 is 1.00 bits per heavy atom. The van der Waals surface area contributed by atoms with Crippen LogP contribution < -0.4 is 0 Å². The number of carbonyl (C=O) groups is 1. The molecule has 0 saturated heterocycles. The molecule has 102 valence electrons. The summed E-state index contributed by atoms with van der Waals surface area (Å²) in [5.41, 5.74) is 0. The molecule has 0 amide bonds. The van der Waals surface area contributed by atoms with Gasteiger partial charge in [-0.15, -0.1) is 0 Å². The predicted molar refractivity (Wildman–Crippen MR) is 77.9 cm³/mol. The van der Waals surface area contributed by atoms with E-state index >= 15 is 0 Å². The normalized spacial score (nSPS) is 36.1. The largest absolute Gasteiger partial charge is 0.299 e. The van der Waals surface area contributed by atoms with Crippen molar-refractivity contribution in [3.8, 4) is 0 Å². The van der Waals surface area contributed by atoms with Crippen molar-refractivity contribution in [2.45, 2.75) is 69.5 Å². The molecule has 0 aromatic rings. The summed E-state index contributed by atoms with van der Waals surface area (Å²) in [4.78, 5) is 12.1. The molecule has 2 heteroatoms. The van der Waals surface area contributed by atoms with Crippen LogP contribution in [0.3, 0.4) is 0 Å². The van der Waals surface area contributed by atoms with Gasteiger partial charge in [-0.3, -0.25) is 4.79 Å². The monoisotopic (exact) mass is 266 g/mol. The minimum Gasteiger partial charge on any atom is -0.299 e. The smallest absolute Gasteiger partial charge is 0.143 e. The minimum absolute atomic E-state index is 0.545. The standard InChI is InChI=1S/C16H26OS/c17-15(11-18-16-4-2-1-3-5-16)10-14-9-12-6-7-13(14)8-12/h12-14,16H,1-11H2. The van der Waals surface area contributed by atoms with Crippen molar-refractivity contribution in [3.05, 3.63) is 0 Å². The zero-order chi connectivity index (χ0) is 12.4. The number of thioether (sulfide) groups is 1. The lowest BCUT2D eigenvalue weighted by molar-refractivity contribution is -0.117. The van der Waals surface area contributed by atoms with Crippen molar-refractivity contribution in [2.24, 2.45) is 17.8 Å². The number of hydrogen-bond acceptors (Lipinski definition) is 2. The van der Waals surface area contributed by atoms with Gasteiger partial charge < -0.3 is 0 Å². The van der Waals surface area contributed by atoms with Crippen LogP contribution in [-0.2, 0) is 4.79 Å². The van der Waals surface area contributed by atoms with Crippen LogP contribution in [0.4, 0.5) is 0 Å². The van der Waals surface area contributed by atoms with Crippen LogP contribution in [-0.4, -0.2) is 16.8 Å². The van der Waals surface area contributed by atoms with Gasteiger partial charge in [-0.05, 0) is 49.9 Å². The van der Waals surface area contributed by atoms with Crippen molar-refractivity contribution in [3.63, 3.8) is 0 Å². The van der Waals surface area contributed by atoms with E-state index in [4.69, 9.17) is 0 Å². The van der Waals surface area contributed by atoms with Crippen LogP contribution in [0, 0.1) is 17.8 Å². The molecule has 18 heavy (non-hydrogen) atoms. The second kappa shape index (κ2) is 5.98. The molecule has 3 unspecified atom stereocenters. The highest BCUT2D eigenvalue weighted by Crippen LogP contribution is 2.49. The first kappa shape index (κ1) is 13.0. The maximum Gasteiger partial charge on any atom is 0.143 e. The topological polar surface area (TPSA) is 17.1 Å². The van der Waals surface area contributed by atoms with Gasteiger partial charge in [0.1, 0.15) is 5.78 Å². The molecule has 3 saturated carbocycles. The van der Waals surface area contributed by atoms with E-state index in [0.717, 1.165) is 35.2 Å². The van der Waals surface area contributed by atoms with E-state index in [9.17, 15) is 4.79 Å². The lowest BCUT2D eigenvalue weighted by Gasteiger charge is -2.22. The Hall–Kier alpha value is 0.0200. The first-order valence-corrected chi connectivity index (χ1v) is 8.99. The van der Waals surface area contributed by atoms with Gasteiger partial charge >= 0.3 is 0 Å². The maximum absolute atomic E-state index is 12.1. The highest BCUT2D eigenvalue weighted by Gasteiger charge is 2.39. The van der Waals surface area contributed by atoms with Gasteiger partial charge in [-0.1, -0.05) is 25.7 Å². The third-order valence-corrected chi connectivity index (χ3v) is 6.84. The van der Waals surface area contributed by atoms with E-state index in [1.54, 1.807) is 0 Å². The fourth-order valence-corrected chi connectivity index (χ4v) is 5.63. The SMILES string of the molecule is O=C(CSC1CCCCC1)CC1CC2CCC1C2. The van der Waals surface area contributed by atoms with Gasteiger partial charge in [0.25, 0.3) is 0 Å². The molecule has 0 spiro atoms. The Kier molecular flexibility index (Phi) is 4.33. The molecule has 3 atom stereocenters. The van der Waals surface area contributed by atoms with Crippen LogP contribution in [0.1, 0.15) is 64.2 Å². The third kappa shape index (κ3) is 3.12. The minimum atomic E-state index is 0.545. The fourth-order valence-electron chi connectivity index (χ4n) is 4.42. The molecular formula is C16H26OS. The highest BCUT2D eigenvalue weighted by atomic mass is 32.2. The summed E-state index contributed by atoms with van der Waals surface area (Å²) in [6.45, 7) is 0. The molecule has 2 bridgehead atoms. The van der Waals surface area contributed by atoms with Crippen molar-refractivity contribution in [2.75, 3.05) is 5.75 Å². The van der Waals surface area contributed by atoms with Crippen molar-refractivity contribution < 1.29 is 4.79 Å². The van der Waals surface area contributed by atoms with E-state index in [1.807, 2.05) is 11.8 Å². The molecule has 0 radical (unpaired) electrons. The summed E-state index contributed by atoms with van der Waals surface area (Å²) < 4.78 is 0. The summed E-state index contributed by atoms with van der Waals surface area (Å²) in [5, 5.41) is 0.794. The Balaban J connectivity index is 1.36. The molecule has 0 heterocycles. The zero-order valence-electron chi connectivity index (χ0n) is 11.4. The van der Waals surface area contributed by atoms with E-state index in [0.29, 0.717) is 5.78 Å². The molecule has 0 aromatic heterocycles. The molecule has 3 aliphatic rings. The van der Waals surface area contributed by atoms with Crippen LogP contribution in [0.5, 0.6) is 0 Å². The third-order valence-electron chi connectivity index (χ3n) is 5.41. The number of carbonyl (C=O) groups excluding carboxylic acids is 1. The van der Waals surface area contributed by atoms with Gasteiger partial charge in [-0.2, -0.15) is 11.8 Å². The summed E-state index contributed by atoms with van der Waals surface area (Å²) in [6.07, 6.45) is 13.5. The second-order valence-electron chi connectivity index (χ2n) is 6.75. The Morgan fingerprint density at radius 2 is 1.83 bits per heavy atom. The number of hydrogen-bond donors (Lipinski definition) is 0. The average molecular weight is 266 g/mol. The first-order chi connectivity index (χ1) is 8.81. The second-order valence-corrected chi connectivity index (χ2v) is 8.04. The highest BCUT2D eigenvalue weighted by molar-refractivity contribution is 8.00. The molecule has 1 nitrogen and oxygen atoms in total. The fraction of sp³-hybridized carbons (Fsp3) is 0.938. The molecule has 0 aliphatic heterocycles. The van der Waals surface area contributed by atoms with E-state index in [2.05, 4.69) is 0 Å². The molecule has 0 N–H and O–H groups in total. The summed E-state index contributed by atoms with van der Waals surface area (Å²) >= 11 is 1.96. The van der Waals surface area contributed by atoms with Gasteiger partial charge in [-0.25, -0.2) is 0 Å². The Morgan fingerprint density at radius 3 is 2.50 bits per heavy atom. The number of rotatable bonds is 5. The Labute approximate surface area is 115 Å². The van der Waals surface area contributed by atoms with Crippen molar-refractivity contribution in [1.29, 1.82) is 0 Å². The van der Waals surface area contributed by atoms with Crippen LogP contribution in [0.15, 0.2) is 0 Å². The van der Waals surface area contributed by atoms with Gasteiger partial charge in [0.15, 0.2) is 0 Å². The van der Waals surface area contributed by atoms with Crippen molar-refractivity contribution in [1.82, 2.24) is 0 Å². The molecule has 3 aliphatic carbocycles. The molecular weight excluding hydrogens is 240 g/mol. The van der Waals surface area contributed by atoms with E-state index in [-0.39, 0.29) is 0 Å². The summed E-state index contributed by atoms with van der Waals surface area (Å²) in [5.74, 6) is 4.02. The van der Waals surface area contributed by atoms with Crippen molar-refractivity contribution >= 4 is 17.5 Å². The Bertz CT molecular complexity index is 295. The number of Topliss-reactive ketones (excluding diaryl/α,β-unsaturated/α-hetero) is 1. The van der Waals surface area contributed by atoms with E-state index in [1.165, 1.54) is 57.8 Å². The molecule has 0 aromatic carbocycles. The summed E-state index contributed by atoms with van der Waals surface area (Å²) in [6, 6.07) is 0. The van der Waals surface area contributed by atoms with Crippen LogP contribution in [0.2, 0.25) is 0 Å². The predicted octanol–water partition coefficient (Wildman–Crippen LogP) is 4.45. The van der Waals surface area contributed by atoms with E-state index < -0.39 is 0 Å². The first-order valence-electron chi connectivity index (χ1n) is 7.94. The zero-order valence-corrected chi connectivity index (χ0v) is 12.2. The average Bonchev–Trinajstić information content (AvgIpc) is 3.00. The quantitative estimate of drug-likeness (QED) is 0.731. The van der Waals surface area contributed by atoms with Gasteiger partial charge in [0.05, 0.1) is 5.75 Å². The molecule has 3 fully saturated rings. The lowest BCUT2D eigenvalue weighted by atomic mass is 9.85. The molecule has 3 rings (SSSR count). The van der Waals surface area contributed by atoms with Crippen LogP contribution >= 0.6 is 11.8 Å². The summed E-state index contributed by atoms with van der Waals surface area (Å²) in [7, 11) is 0. The number of ketones is 1. The lowest BCUT2D eigenvalue weighted by Crippen LogP contribution is -2.18. The van der Waals surface area contributed by atoms with Gasteiger partial charge in [0.2, 0.25) is 0 Å². The van der Waals surface area contributed by atoms with Crippen LogP contribution in [0.25, 0.3) is 0 Å². The maximum atomic E-state index is 12.1. The number of fused-ring (bicyclic) bond motifs is 2.